The first-order valence-electron chi connectivity index (χ1n) is 5.58. The highest BCUT2D eigenvalue weighted by Gasteiger charge is 2.16. The molecule has 0 spiro atoms. The minimum Gasteiger partial charge on any atom is -0.495 e. The molecule has 0 unspecified atom stereocenters. The molecule has 1 aromatic carbocycles. The number of ether oxygens (including phenoxy) is 1. The van der Waals surface area contributed by atoms with Crippen LogP contribution in [-0.2, 0) is 0 Å². The van der Waals surface area contributed by atoms with Crippen molar-refractivity contribution in [2.45, 2.75) is 6.92 Å². The molecule has 1 aromatic heterocycles. The van der Waals surface area contributed by atoms with E-state index in [1.165, 1.54) is 36.8 Å². The first kappa shape index (κ1) is 13.9. The first-order chi connectivity index (χ1) is 9.51. The second kappa shape index (κ2) is 5.66. The van der Waals surface area contributed by atoms with E-state index in [0.717, 1.165) is 4.88 Å². The standard InChI is InChI=1S/C12H11N3O4S/c1-7-5-10(14-20-7)12(16)13-9-6-8(15(17)18)3-4-11(9)19-2/h3-6H,1-2H3,(H,13,16). The van der Waals surface area contributed by atoms with E-state index in [2.05, 4.69) is 9.69 Å². The molecular formula is C12H11N3O4S. The van der Waals surface area contributed by atoms with E-state index >= 15 is 0 Å². The van der Waals surface area contributed by atoms with Crippen LogP contribution in [0.2, 0.25) is 0 Å². The average molecular weight is 293 g/mol. The topological polar surface area (TPSA) is 94.4 Å². The summed E-state index contributed by atoms with van der Waals surface area (Å²) in [5.41, 5.74) is 0.369. The summed E-state index contributed by atoms with van der Waals surface area (Å²) >= 11 is 1.21. The highest BCUT2D eigenvalue weighted by atomic mass is 32.1. The van der Waals surface area contributed by atoms with Crippen LogP contribution < -0.4 is 10.1 Å². The zero-order chi connectivity index (χ0) is 14.7. The number of aromatic nitrogens is 1. The Morgan fingerprint density at radius 2 is 2.20 bits per heavy atom. The van der Waals surface area contributed by atoms with Gasteiger partial charge in [0.2, 0.25) is 0 Å². The zero-order valence-electron chi connectivity index (χ0n) is 10.7. The molecule has 1 N–H and O–H groups in total. The third-order valence-electron chi connectivity index (χ3n) is 2.50. The van der Waals surface area contributed by atoms with Gasteiger partial charge in [0, 0.05) is 17.0 Å². The molecule has 0 aliphatic carbocycles. The van der Waals surface area contributed by atoms with E-state index in [9.17, 15) is 14.9 Å². The molecule has 8 heteroatoms. The van der Waals surface area contributed by atoms with Gasteiger partial charge in [-0.2, -0.15) is 4.37 Å². The van der Waals surface area contributed by atoms with E-state index in [1.807, 2.05) is 6.92 Å². The second-order valence-electron chi connectivity index (χ2n) is 3.92. The van der Waals surface area contributed by atoms with Crippen LogP contribution in [0.4, 0.5) is 11.4 Å². The number of nitrogens with one attached hydrogen (secondary N) is 1. The maximum Gasteiger partial charge on any atom is 0.275 e. The van der Waals surface area contributed by atoms with Gasteiger partial charge in [-0.3, -0.25) is 14.9 Å². The van der Waals surface area contributed by atoms with Crippen LogP contribution in [0.25, 0.3) is 0 Å². The van der Waals surface area contributed by atoms with E-state index in [-0.39, 0.29) is 17.1 Å². The molecule has 0 fully saturated rings. The van der Waals surface area contributed by atoms with E-state index in [4.69, 9.17) is 4.74 Å². The van der Waals surface area contributed by atoms with Gasteiger partial charge in [-0.15, -0.1) is 0 Å². The molecule has 0 aliphatic heterocycles. The lowest BCUT2D eigenvalue weighted by molar-refractivity contribution is -0.384. The van der Waals surface area contributed by atoms with Gasteiger partial charge in [0.05, 0.1) is 17.7 Å². The Morgan fingerprint density at radius 3 is 2.75 bits per heavy atom. The molecule has 0 saturated heterocycles. The van der Waals surface area contributed by atoms with Crippen molar-refractivity contribution in [2.75, 3.05) is 12.4 Å². The molecule has 104 valence electrons. The fourth-order valence-corrected chi connectivity index (χ4v) is 2.11. The number of nitrogens with zero attached hydrogens (tertiary/aromatic N) is 2. The van der Waals surface area contributed by atoms with E-state index in [0.29, 0.717) is 5.75 Å². The summed E-state index contributed by atoms with van der Waals surface area (Å²) in [7, 11) is 1.42. The molecule has 0 bridgehead atoms. The summed E-state index contributed by atoms with van der Waals surface area (Å²) in [4.78, 5) is 23.1. The van der Waals surface area contributed by atoms with E-state index < -0.39 is 10.8 Å². The fourth-order valence-electron chi connectivity index (χ4n) is 1.57. The fraction of sp³-hybridized carbons (Fsp3) is 0.167. The number of hydrogen-bond acceptors (Lipinski definition) is 6. The van der Waals surface area contributed by atoms with Crippen LogP contribution in [0.1, 0.15) is 15.4 Å². The minimum absolute atomic E-state index is 0.129. The van der Waals surface area contributed by atoms with Crippen molar-refractivity contribution in [2.24, 2.45) is 0 Å². The number of nitro groups is 1. The molecule has 2 rings (SSSR count). The molecule has 0 aliphatic rings. The van der Waals surface area contributed by atoms with Crippen molar-refractivity contribution >= 4 is 28.8 Å². The Bertz CT molecular complexity index is 668. The molecule has 1 amide bonds. The monoisotopic (exact) mass is 293 g/mol. The average Bonchev–Trinajstić information content (AvgIpc) is 2.85. The van der Waals surface area contributed by atoms with Crippen LogP contribution in [0, 0.1) is 17.0 Å². The van der Waals surface area contributed by atoms with Crippen molar-refractivity contribution in [3.8, 4) is 5.75 Å². The van der Waals surface area contributed by atoms with Gasteiger partial charge >= 0.3 is 0 Å². The SMILES string of the molecule is COc1ccc([N+](=O)[O-])cc1NC(=O)c1cc(C)sn1. The van der Waals surface area contributed by atoms with Crippen LogP contribution in [0.5, 0.6) is 5.75 Å². The normalized spacial score (nSPS) is 10.1. The summed E-state index contributed by atoms with van der Waals surface area (Å²) in [6, 6.07) is 5.63. The zero-order valence-corrected chi connectivity index (χ0v) is 11.6. The molecule has 0 saturated carbocycles. The number of carbonyl (C=O) groups is 1. The molecule has 0 radical (unpaired) electrons. The molecular weight excluding hydrogens is 282 g/mol. The van der Waals surface area contributed by atoms with Crippen LogP contribution in [0.3, 0.4) is 0 Å². The molecule has 1 heterocycles. The smallest absolute Gasteiger partial charge is 0.275 e. The number of nitro benzene ring substituents is 1. The van der Waals surface area contributed by atoms with Crippen LogP contribution in [0.15, 0.2) is 24.3 Å². The van der Waals surface area contributed by atoms with E-state index in [1.54, 1.807) is 6.07 Å². The van der Waals surface area contributed by atoms with Gasteiger partial charge in [-0.1, -0.05) is 0 Å². The number of methoxy groups -OCH3 is 1. The highest BCUT2D eigenvalue weighted by molar-refractivity contribution is 7.05. The number of hydrogen-bond donors (Lipinski definition) is 1. The Labute approximate surface area is 118 Å². The molecule has 0 atom stereocenters. The predicted molar refractivity (Wildman–Crippen MR) is 74.5 cm³/mol. The summed E-state index contributed by atoms with van der Waals surface area (Å²) in [5, 5.41) is 13.3. The predicted octanol–water partition coefficient (Wildman–Crippen LogP) is 2.62. The Hall–Kier alpha value is -2.48. The van der Waals surface area contributed by atoms with Crippen molar-refractivity contribution in [1.82, 2.24) is 4.37 Å². The van der Waals surface area contributed by atoms with Gasteiger partial charge in [0.25, 0.3) is 11.6 Å². The highest BCUT2D eigenvalue weighted by Crippen LogP contribution is 2.29. The maximum atomic E-state index is 12.0. The number of anilines is 1. The number of carbonyl (C=O) groups excluding carboxylic acids is 1. The van der Waals surface area contributed by atoms with Crippen molar-refractivity contribution in [1.29, 1.82) is 0 Å². The Kier molecular flexibility index (Phi) is 3.94. The Morgan fingerprint density at radius 1 is 1.45 bits per heavy atom. The van der Waals surface area contributed by atoms with Crippen molar-refractivity contribution in [3.63, 3.8) is 0 Å². The minimum atomic E-state index is -0.540. The van der Waals surface area contributed by atoms with Gasteiger partial charge in [-0.25, -0.2) is 0 Å². The van der Waals surface area contributed by atoms with Gasteiger partial charge < -0.3 is 10.1 Å². The molecule has 20 heavy (non-hydrogen) atoms. The lowest BCUT2D eigenvalue weighted by atomic mass is 10.2. The molecule has 7 nitrogen and oxygen atoms in total. The lowest BCUT2D eigenvalue weighted by Crippen LogP contribution is -2.13. The summed E-state index contributed by atoms with van der Waals surface area (Å²) in [5.74, 6) is -0.0935. The molecule has 2 aromatic rings. The summed E-state index contributed by atoms with van der Waals surface area (Å²) in [6.07, 6.45) is 0. The lowest BCUT2D eigenvalue weighted by Gasteiger charge is -2.08. The summed E-state index contributed by atoms with van der Waals surface area (Å²) < 4.78 is 9.05. The largest absolute Gasteiger partial charge is 0.495 e. The van der Waals surface area contributed by atoms with Crippen LogP contribution >= 0.6 is 11.5 Å². The Balaban J connectivity index is 2.29. The van der Waals surface area contributed by atoms with Gasteiger partial charge in [0.1, 0.15) is 11.4 Å². The number of non-ortho nitro benzene ring substituents is 1. The second-order valence-corrected chi connectivity index (χ2v) is 4.93. The van der Waals surface area contributed by atoms with Crippen LogP contribution in [-0.4, -0.2) is 22.3 Å². The third kappa shape index (κ3) is 2.91. The number of amides is 1. The van der Waals surface area contributed by atoms with Gasteiger partial charge in [-0.05, 0) is 30.6 Å². The summed E-state index contributed by atoms with van der Waals surface area (Å²) in [6.45, 7) is 1.84. The number of rotatable bonds is 4. The number of benzene rings is 1. The quantitative estimate of drug-likeness (QED) is 0.690. The number of aryl methyl sites for hydroxylation is 1. The van der Waals surface area contributed by atoms with Crippen molar-refractivity contribution < 1.29 is 14.5 Å². The third-order valence-corrected chi connectivity index (χ3v) is 3.20. The van der Waals surface area contributed by atoms with Crippen molar-refractivity contribution in [3.05, 3.63) is 45.0 Å². The first-order valence-corrected chi connectivity index (χ1v) is 6.35. The van der Waals surface area contributed by atoms with Gasteiger partial charge in [0.15, 0.2) is 0 Å². The maximum absolute atomic E-state index is 12.0.